The van der Waals surface area contributed by atoms with E-state index in [1.807, 2.05) is 37.4 Å². The zero-order valence-electron chi connectivity index (χ0n) is 17.6. The summed E-state index contributed by atoms with van der Waals surface area (Å²) in [6.45, 7) is 2.07. The van der Waals surface area contributed by atoms with E-state index in [-0.39, 0.29) is 35.5 Å². The van der Waals surface area contributed by atoms with Gasteiger partial charge in [0.15, 0.2) is 0 Å². The van der Waals surface area contributed by atoms with Crippen molar-refractivity contribution >= 4 is 33.2 Å². The van der Waals surface area contributed by atoms with Gasteiger partial charge in [0.2, 0.25) is 15.9 Å². The molecule has 0 atom stereocenters. The van der Waals surface area contributed by atoms with Crippen LogP contribution in [0.15, 0.2) is 53.4 Å². The molecule has 1 amide bonds. The minimum Gasteiger partial charge on any atom is -0.307 e. The molecule has 1 aliphatic rings. The molecule has 168 valence electrons. The number of aromatic nitrogens is 2. The molecule has 0 radical (unpaired) electrons. The molecule has 2 aromatic carbocycles. The zero-order chi connectivity index (χ0) is 23.0. The summed E-state index contributed by atoms with van der Waals surface area (Å²) in [5.74, 6) is -0.817. The number of carbonyl (C=O) groups is 1. The number of rotatable bonds is 5. The number of amides is 1. The molecule has 7 nitrogen and oxygen atoms in total. The van der Waals surface area contributed by atoms with Gasteiger partial charge in [0.25, 0.3) is 0 Å². The standard InChI is InChI=1S/C22H22ClFN4O3S/c1-15(29)28(16-6-4-3-5-7-16)14-21-18-13-27(11-10-22(18)26(2)25-21)32(30,31)17-8-9-20(24)19(23)12-17/h3-9,12H,10-11,13-14H2,1-2H3. The summed E-state index contributed by atoms with van der Waals surface area (Å²) >= 11 is 5.80. The van der Waals surface area contributed by atoms with E-state index >= 15 is 0 Å². The number of benzene rings is 2. The fraction of sp³-hybridized carbons (Fsp3) is 0.273. The predicted molar refractivity (Wildman–Crippen MR) is 119 cm³/mol. The molecule has 1 aliphatic heterocycles. The summed E-state index contributed by atoms with van der Waals surface area (Å²) in [7, 11) is -2.07. The second-order valence-corrected chi connectivity index (χ2v) is 9.95. The average Bonchev–Trinajstić information content (AvgIpc) is 3.09. The van der Waals surface area contributed by atoms with E-state index in [9.17, 15) is 17.6 Å². The number of hydrogen-bond acceptors (Lipinski definition) is 4. The molecular weight excluding hydrogens is 455 g/mol. The Morgan fingerprint density at radius 3 is 2.59 bits per heavy atom. The number of aryl methyl sites for hydroxylation is 1. The minimum atomic E-state index is -3.88. The number of anilines is 1. The summed E-state index contributed by atoms with van der Waals surface area (Å²) in [6, 6.07) is 12.6. The number of sulfonamides is 1. The number of halogens is 2. The lowest BCUT2D eigenvalue weighted by molar-refractivity contribution is -0.116. The van der Waals surface area contributed by atoms with E-state index in [1.165, 1.54) is 17.3 Å². The third-order valence-corrected chi connectivity index (χ3v) is 7.71. The lowest BCUT2D eigenvalue weighted by atomic mass is 10.1. The third-order valence-electron chi connectivity index (χ3n) is 5.58. The van der Waals surface area contributed by atoms with Crippen LogP contribution < -0.4 is 4.90 Å². The first-order valence-electron chi connectivity index (χ1n) is 10.0. The van der Waals surface area contributed by atoms with E-state index in [4.69, 9.17) is 11.6 Å². The molecule has 0 aliphatic carbocycles. The van der Waals surface area contributed by atoms with E-state index < -0.39 is 15.8 Å². The number of nitrogens with zero attached hydrogens (tertiary/aromatic N) is 4. The second-order valence-electron chi connectivity index (χ2n) is 7.60. The number of para-hydroxylation sites is 1. The number of hydrogen-bond donors (Lipinski definition) is 0. The Kier molecular flexibility index (Phi) is 6.07. The average molecular weight is 477 g/mol. The van der Waals surface area contributed by atoms with Crippen LogP contribution in [0, 0.1) is 5.82 Å². The van der Waals surface area contributed by atoms with Gasteiger partial charge in [-0.3, -0.25) is 9.48 Å². The van der Waals surface area contributed by atoms with Crippen LogP contribution in [0.4, 0.5) is 10.1 Å². The SMILES string of the molecule is CC(=O)N(Cc1nn(C)c2c1CN(S(=O)(=O)c1ccc(F)c(Cl)c1)CC2)c1ccccc1. The van der Waals surface area contributed by atoms with Crippen molar-refractivity contribution in [2.45, 2.75) is 31.3 Å². The van der Waals surface area contributed by atoms with Crippen LogP contribution in [0.1, 0.15) is 23.9 Å². The maximum atomic E-state index is 13.5. The lowest BCUT2D eigenvalue weighted by Crippen LogP contribution is -2.37. The van der Waals surface area contributed by atoms with Crippen molar-refractivity contribution < 1.29 is 17.6 Å². The molecule has 0 spiro atoms. The molecule has 0 fully saturated rings. The van der Waals surface area contributed by atoms with Gasteiger partial charge in [0.05, 0.1) is 22.2 Å². The Balaban J connectivity index is 1.66. The van der Waals surface area contributed by atoms with Crippen molar-refractivity contribution in [2.24, 2.45) is 7.05 Å². The van der Waals surface area contributed by atoms with Crippen molar-refractivity contribution in [3.8, 4) is 0 Å². The Hall–Kier alpha value is -2.75. The Morgan fingerprint density at radius 2 is 1.94 bits per heavy atom. The molecule has 32 heavy (non-hydrogen) atoms. The monoisotopic (exact) mass is 476 g/mol. The summed E-state index contributed by atoms with van der Waals surface area (Å²) in [5.41, 5.74) is 3.08. The van der Waals surface area contributed by atoms with E-state index in [0.717, 1.165) is 29.1 Å². The summed E-state index contributed by atoms with van der Waals surface area (Å²) < 4.78 is 43.0. The molecule has 10 heteroatoms. The highest BCUT2D eigenvalue weighted by molar-refractivity contribution is 7.89. The van der Waals surface area contributed by atoms with Crippen molar-refractivity contribution in [3.05, 3.63) is 76.3 Å². The van der Waals surface area contributed by atoms with Gasteiger partial charge in [-0.1, -0.05) is 29.8 Å². The highest BCUT2D eigenvalue weighted by Crippen LogP contribution is 2.30. The van der Waals surface area contributed by atoms with Gasteiger partial charge >= 0.3 is 0 Å². The Morgan fingerprint density at radius 1 is 1.22 bits per heavy atom. The maximum Gasteiger partial charge on any atom is 0.243 e. The first-order valence-corrected chi connectivity index (χ1v) is 11.8. The van der Waals surface area contributed by atoms with E-state index in [0.29, 0.717) is 12.1 Å². The van der Waals surface area contributed by atoms with Crippen molar-refractivity contribution in [2.75, 3.05) is 11.4 Å². The summed E-state index contributed by atoms with van der Waals surface area (Å²) in [4.78, 5) is 13.9. The Labute approximate surface area is 191 Å². The molecular formula is C22H22ClFN4O3S. The predicted octanol–water partition coefficient (Wildman–Crippen LogP) is 3.51. The highest BCUT2D eigenvalue weighted by atomic mass is 35.5. The molecule has 1 aromatic heterocycles. The summed E-state index contributed by atoms with van der Waals surface area (Å²) in [5, 5.41) is 4.34. The fourth-order valence-electron chi connectivity index (χ4n) is 3.91. The molecule has 0 saturated carbocycles. The van der Waals surface area contributed by atoms with Gasteiger partial charge in [-0.2, -0.15) is 9.40 Å². The van der Waals surface area contributed by atoms with E-state index in [1.54, 1.807) is 9.58 Å². The Bertz CT molecular complexity index is 1280. The fourth-order valence-corrected chi connectivity index (χ4v) is 5.59. The topological polar surface area (TPSA) is 75.5 Å². The zero-order valence-corrected chi connectivity index (χ0v) is 19.2. The van der Waals surface area contributed by atoms with Gasteiger partial charge in [-0.25, -0.2) is 12.8 Å². The minimum absolute atomic E-state index is 0.0626. The normalized spacial score (nSPS) is 14.2. The molecule has 2 heterocycles. The van der Waals surface area contributed by atoms with Gasteiger partial charge < -0.3 is 4.90 Å². The number of carbonyl (C=O) groups excluding carboxylic acids is 1. The van der Waals surface area contributed by atoms with Gasteiger partial charge in [-0.05, 0) is 30.3 Å². The maximum absolute atomic E-state index is 13.5. The van der Waals surface area contributed by atoms with Crippen LogP contribution in [0.25, 0.3) is 0 Å². The van der Waals surface area contributed by atoms with Gasteiger partial charge in [0, 0.05) is 50.4 Å². The first-order chi connectivity index (χ1) is 15.2. The van der Waals surface area contributed by atoms with Crippen molar-refractivity contribution in [1.29, 1.82) is 0 Å². The largest absolute Gasteiger partial charge is 0.307 e. The molecule has 3 aromatic rings. The second kappa shape index (κ2) is 8.65. The van der Waals surface area contributed by atoms with Gasteiger partial charge in [-0.15, -0.1) is 0 Å². The molecule has 4 rings (SSSR count). The highest BCUT2D eigenvalue weighted by Gasteiger charge is 2.33. The third kappa shape index (κ3) is 4.15. The van der Waals surface area contributed by atoms with E-state index in [2.05, 4.69) is 5.10 Å². The van der Waals surface area contributed by atoms with Gasteiger partial charge in [0.1, 0.15) is 5.82 Å². The van der Waals surface area contributed by atoms with Crippen LogP contribution in [0.5, 0.6) is 0 Å². The summed E-state index contributed by atoms with van der Waals surface area (Å²) in [6.07, 6.45) is 0.471. The van der Waals surface area contributed by atoms with Crippen molar-refractivity contribution in [3.63, 3.8) is 0 Å². The molecule has 0 saturated heterocycles. The quantitative estimate of drug-likeness (QED) is 0.564. The van der Waals surface area contributed by atoms with Crippen molar-refractivity contribution in [1.82, 2.24) is 14.1 Å². The molecule has 0 bridgehead atoms. The van der Waals surface area contributed by atoms with Crippen LogP contribution >= 0.6 is 11.6 Å². The lowest BCUT2D eigenvalue weighted by Gasteiger charge is -2.28. The van der Waals surface area contributed by atoms with Crippen LogP contribution in [0.3, 0.4) is 0 Å². The first kappa shape index (κ1) is 22.4. The van der Waals surface area contributed by atoms with Crippen LogP contribution in [-0.2, 0) is 41.4 Å². The van der Waals surface area contributed by atoms with Crippen LogP contribution in [-0.4, -0.2) is 35.0 Å². The molecule has 0 unspecified atom stereocenters. The molecule has 0 N–H and O–H groups in total. The van der Waals surface area contributed by atoms with Crippen LogP contribution in [0.2, 0.25) is 5.02 Å². The smallest absolute Gasteiger partial charge is 0.243 e. The number of fused-ring (bicyclic) bond motifs is 1.